The monoisotopic (exact) mass is 353 g/mol. The first-order valence-corrected chi connectivity index (χ1v) is 9.53. The van der Waals surface area contributed by atoms with E-state index in [9.17, 15) is 9.90 Å². The molecule has 2 N–H and O–H groups in total. The molecule has 7 heteroatoms. The lowest BCUT2D eigenvalue weighted by atomic mass is 9.93. The first kappa shape index (κ1) is 17.5. The minimum atomic E-state index is -0.469. The highest BCUT2D eigenvalue weighted by Crippen LogP contribution is 2.31. The van der Waals surface area contributed by atoms with Crippen molar-refractivity contribution >= 4 is 22.6 Å². The summed E-state index contributed by atoms with van der Waals surface area (Å²) in [4.78, 5) is 19.8. The molecule has 134 valence electrons. The normalized spacial score (nSPS) is 24.4. The molecule has 0 aromatic carbocycles. The Labute approximate surface area is 147 Å². The van der Waals surface area contributed by atoms with E-state index in [1.165, 1.54) is 0 Å². The number of fused-ring (bicyclic) bond motifs is 1. The van der Waals surface area contributed by atoms with E-state index in [2.05, 4.69) is 5.32 Å². The van der Waals surface area contributed by atoms with Crippen molar-refractivity contribution in [2.45, 2.75) is 77.2 Å². The third-order valence-electron chi connectivity index (χ3n) is 4.41. The van der Waals surface area contributed by atoms with Crippen LogP contribution < -0.4 is 5.32 Å². The fraction of sp³-hybridized carbons (Fsp3) is 0.765. The summed E-state index contributed by atoms with van der Waals surface area (Å²) < 4.78 is 5.46. The summed E-state index contributed by atoms with van der Waals surface area (Å²) in [6.07, 6.45) is 4.05. The molecule has 2 heterocycles. The molecule has 1 fully saturated rings. The molecule has 1 amide bonds. The number of ether oxygens (including phenoxy) is 1. The van der Waals surface area contributed by atoms with Crippen LogP contribution in [0.3, 0.4) is 0 Å². The van der Waals surface area contributed by atoms with Crippen LogP contribution in [0.4, 0.5) is 9.93 Å². The van der Waals surface area contributed by atoms with E-state index in [1.54, 1.807) is 16.2 Å². The van der Waals surface area contributed by atoms with Gasteiger partial charge >= 0.3 is 6.09 Å². The zero-order chi connectivity index (χ0) is 17.3. The first-order chi connectivity index (χ1) is 11.3. The van der Waals surface area contributed by atoms with E-state index in [0.717, 1.165) is 47.8 Å². The summed E-state index contributed by atoms with van der Waals surface area (Å²) in [6, 6.07) is 0.392. The second-order valence-corrected chi connectivity index (χ2v) is 8.77. The fourth-order valence-corrected chi connectivity index (χ4v) is 4.24. The minimum Gasteiger partial charge on any atom is -0.444 e. The molecule has 6 nitrogen and oxygen atoms in total. The van der Waals surface area contributed by atoms with Crippen LogP contribution in [-0.4, -0.2) is 45.4 Å². The van der Waals surface area contributed by atoms with Crippen molar-refractivity contribution in [2.75, 3.05) is 11.9 Å². The molecule has 0 unspecified atom stereocenters. The van der Waals surface area contributed by atoms with Crippen LogP contribution in [0.5, 0.6) is 0 Å². The zero-order valence-electron chi connectivity index (χ0n) is 14.7. The number of anilines is 1. The summed E-state index contributed by atoms with van der Waals surface area (Å²) in [7, 11) is 0. The maximum Gasteiger partial charge on any atom is 0.410 e. The van der Waals surface area contributed by atoms with Gasteiger partial charge in [0.25, 0.3) is 0 Å². The van der Waals surface area contributed by atoms with Crippen LogP contribution >= 0.6 is 11.3 Å². The summed E-state index contributed by atoms with van der Waals surface area (Å²) in [5, 5.41) is 14.0. The number of aromatic nitrogens is 1. The van der Waals surface area contributed by atoms with Crippen molar-refractivity contribution in [3.63, 3.8) is 0 Å². The molecule has 1 aromatic rings. The van der Waals surface area contributed by atoms with E-state index in [-0.39, 0.29) is 12.2 Å². The van der Waals surface area contributed by atoms with Gasteiger partial charge in [-0.2, -0.15) is 0 Å². The Morgan fingerprint density at radius 2 is 2.04 bits per heavy atom. The number of carbonyl (C=O) groups excluding carboxylic acids is 1. The number of amides is 1. The van der Waals surface area contributed by atoms with Gasteiger partial charge < -0.3 is 20.1 Å². The molecule has 1 saturated carbocycles. The standard InChI is InChI=1S/C17H27N3O3S/c1-17(2,3)23-16(22)20-9-8-13-14(10-20)24-15(19-13)18-11-4-6-12(21)7-5-11/h11-12,21H,4-10H2,1-3H3,(H,18,19). The smallest absolute Gasteiger partial charge is 0.410 e. The highest BCUT2D eigenvalue weighted by molar-refractivity contribution is 7.15. The number of thiazole rings is 1. The van der Waals surface area contributed by atoms with Crippen LogP contribution in [-0.2, 0) is 17.7 Å². The van der Waals surface area contributed by atoms with Gasteiger partial charge in [0.2, 0.25) is 0 Å². The molecule has 24 heavy (non-hydrogen) atoms. The minimum absolute atomic E-state index is 0.144. The van der Waals surface area contributed by atoms with Gasteiger partial charge in [0.15, 0.2) is 5.13 Å². The molecule has 0 bridgehead atoms. The number of rotatable bonds is 2. The van der Waals surface area contributed by atoms with Gasteiger partial charge in [-0.15, -0.1) is 0 Å². The van der Waals surface area contributed by atoms with Crippen molar-refractivity contribution in [3.8, 4) is 0 Å². The number of carbonyl (C=O) groups is 1. The van der Waals surface area contributed by atoms with E-state index < -0.39 is 5.60 Å². The van der Waals surface area contributed by atoms with Gasteiger partial charge in [0, 0.05) is 23.9 Å². The van der Waals surface area contributed by atoms with Crippen LogP contribution in [0.15, 0.2) is 0 Å². The number of nitrogens with one attached hydrogen (secondary N) is 1. The molecular formula is C17H27N3O3S. The molecule has 0 spiro atoms. The van der Waals surface area contributed by atoms with Gasteiger partial charge in [0.05, 0.1) is 18.3 Å². The lowest BCUT2D eigenvalue weighted by Crippen LogP contribution is -2.39. The van der Waals surface area contributed by atoms with E-state index in [0.29, 0.717) is 19.1 Å². The lowest BCUT2D eigenvalue weighted by molar-refractivity contribution is 0.0225. The highest BCUT2D eigenvalue weighted by Gasteiger charge is 2.28. The maximum atomic E-state index is 12.2. The van der Waals surface area contributed by atoms with Crippen molar-refractivity contribution in [1.29, 1.82) is 0 Å². The van der Waals surface area contributed by atoms with Gasteiger partial charge in [-0.3, -0.25) is 0 Å². The molecule has 1 aliphatic carbocycles. The molecule has 2 aliphatic rings. The zero-order valence-corrected chi connectivity index (χ0v) is 15.5. The third kappa shape index (κ3) is 4.39. The molecular weight excluding hydrogens is 326 g/mol. The third-order valence-corrected chi connectivity index (χ3v) is 5.42. The molecule has 1 aliphatic heterocycles. The van der Waals surface area contributed by atoms with Gasteiger partial charge in [-0.1, -0.05) is 11.3 Å². The second kappa shape index (κ2) is 6.88. The van der Waals surface area contributed by atoms with E-state index in [1.807, 2.05) is 20.8 Å². The fourth-order valence-electron chi connectivity index (χ4n) is 3.13. The Hall–Kier alpha value is -1.34. The topological polar surface area (TPSA) is 74.7 Å². The summed E-state index contributed by atoms with van der Waals surface area (Å²) in [5.74, 6) is 0. The second-order valence-electron chi connectivity index (χ2n) is 7.69. The molecule has 0 radical (unpaired) electrons. The number of nitrogens with zero attached hydrogens (tertiary/aromatic N) is 2. The number of hydrogen-bond donors (Lipinski definition) is 2. The van der Waals surface area contributed by atoms with Crippen molar-refractivity contribution in [1.82, 2.24) is 9.88 Å². The lowest BCUT2D eigenvalue weighted by Gasteiger charge is -2.29. The van der Waals surface area contributed by atoms with Crippen molar-refractivity contribution in [2.24, 2.45) is 0 Å². The van der Waals surface area contributed by atoms with Crippen molar-refractivity contribution in [3.05, 3.63) is 10.6 Å². The Bertz CT molecular complexity index is 588. The molecule has 0 saturated heterocycles. The molecule has 3 rings (SSSR count). The molecule has 1 aromatic heterocycles. The SMILES string of the molecule is CC(C)(C)OC(=O)N1CCc2nc(NC3CCC(O)CC3)sc2C1. The predicted octanol–water partition coefficient (Wildman–Crippen LogP) is 3.15. The summed E-state index contributed by atoms with van der Waals surface area (Å²) >= 11 is 1.63. The van der Waals surface area contributed by atoms with Crippen LogP contribution in [0, 0.1) is 0 Å². The number of hydrogen-bond acceptors (Lipinski definition) is 6. The van der Waals surface area contributed by atoms with Gasteiger partial charge in [-0.05, 0) is 46.5 Å². The van der Waals surface area contributed by atoms with E-state index in [4.69, 9.17) is 9.72 Å². The summed E-state index contributed by atoms with van der Waals surface area (Å²) in [6.45, 7) is 6.88. The van der Waals surface area contributed by atoms with Crippen molar-refractivity contribution < 1.29 is 14.6 Å². The Balaban J connectivity index is 1.59. The number of aliphatic hydroxyl groups is 1. The Morgan fingerprint density at radius 1 is 1.33 bits per heavy atom. The quantitative estimate of drug-likeness (QED) is 0.854. The van der Waals surface area contributed by atoms with Crippen LogP contribution in [0.25, 0.3) is 0 Å². The summed E-state index contributed by atoms with van der Waals surface area (Å²) in [5.41, 5.74) is 0.627. The number of aliphatic hydroxyl groups excluding tert-OH is 1. The Kier molecular flexibility index (Phi) is 5.01. The average molecular weight is 353 g/mol. The first-order valence-electron chi connectivity index (χ1n) is 8.71. The highest BCUT2D eigenvalue weighted by atomic mass is 32.1. The largest absolute Gasteiger partial charge is 0.444 e. The average Bonchev–Trinajstić information content (AvgIpc) is 2.89. The van der Waals surface area contributed by atoms with E-state index >= 15 is 0 Å². The van der Waals surface area contributed by atoms with Crippen LogP contribution in [0.1, 0.15) is 57.0 Å². The van der Waals surface area contributed by atoms with Gasteiger partial charge in [-0.25, -0.2) is 9.78 Å². The van der Waals surface area contributed by atoms with Gasteiger partial charge in [0.1, 0.15) is 5.60 Å². The van der Waals surface area contributed by atoms with Crippen LogP contribution in [0.2, 0.25) is 0 Å². The predicted molar refractivity (Wildman–Crippen MR) is 94.3 cm³/mol. The Morgan fingerprint density at radius 3 is 2.71 bits per heavy atom. The molecule has 0 atom stereocenters. The maximum absolute atomic E-state index is 12.2.